The lowest BCUT2D eigenvalue weighted by Crippen LogP contribution is -2.11. The Morgan fingerprint density at radius 3 is 2.59 bits per heavy atom. The molecule has 0 aliphatic heterocycles. The van der Waals surface area contributed by atoms with E-state index in [0.717, 1.165) is 4.88 Å². The average molecular weight is 275 g/mol. The molecule has 2 rings (SSSR count). The molecule has 1 aromatic heterocycles. The van der Waals surface area contributed by atoms with Crippen molar-refractivity contribution in [3.63, 3.8) is 0 Å². The fourth-order valence-corrected chi connectivity index (χ4v) is 2.22. The summed E-state index contributed by atoms with van der Waals surface area (Å²) < 4.78 is 13.0. The number of thiophene rings is 1. The summed E-state index contributed by atoms with van der Waals surface area (Å²) in [5.74, 6) is -0.916. The first-order chi connectivity index (χ1) is 7.61. The first kappa shape index (κ1) is 13.8. The summed E-state index contributed by atoms with van der Waals surface area (Å²) in [7, 11) is 0. The highest BCUT2D eigenvalue weighted by molar-refractivity contribution is 7.10. The van der Waals surface area contributed by atoms with Crippen LogP contribution in [0.1, 0.15) is 16.5 Å². The van der Waals surface area contributed by atoms with Crippen molar-refractivity contribution in [2.75, 3.05) is 5.73 Å². The zero-order valence-electron chi connectivity index (χ0n) is 8.76. The van der Waals surface area contributed by atoms with Gasteiger partial charge in [0.1, 0.15) is 17.3 Å². The minimum atomic E-state index is -0.639. The summed E-state index contributed by atoms with van der Waals surface area (Å²) in [5.41, 5.74) is 11.5. The number of phenols is 1. The van der Waals surface area contributed by atoms with E-state index in [0.29, 0.717) is 5.56 Å². The van der Waals surface area contributed by atoms with Gasteiger partial charge >= 0.3 is 0 Å². The fourth-order valence-electron chi connectivity index (χ4n) is 1.47. The molecule has 3 nitrogen and oxygen atoms in total. The molecule has 2 aromatic rings. The van der Waals surface area contributed by atoms with Gasteiger partial charge in [0, 0.05) is 10.4 Å². The van der Waals surface area contributed by atoms with Crippen molar-refractivity contribution in [1.82, 2.24) is 0 Å². The van der Waals surface area contributed by atoms with Gasteiger partial charge in [-0.15, -0.1) is 23.7 Å². The van der Waals surface area contributed by atoms with E-state index in [1.807, 2.05) is 17.5 Å². The lowest BCUT2D eigenvalue weighted by Gasteiger charge is -2.13. The van der Waals surface area contributed by atoms with Crippen LogP contribution in [-0.4, -0.2) is 5.11 Å². The second kappa shape index (κ2) is 5.35. The van der Waals surface area contributed by atoms with Crippen molar-refractivity contribution in [2.24, 2.45) is 5.73 Å². The molecule has 0 unspecified atom stereocenters. The van der Waals surface area contributed by atoms with Crippen LogP contribution in [0, 0.1) is 5.82 Å². The monoisotopic (exact) mass is 274 g/mol. The smallest absolute Gasteiger partial charge is 0.149 e. The molecule has 0 fully saturated rings. The summed E-state index contributed by atoms with van der Waals surface area (Å²) in [6.45, 7) is 0. The molecule has 5 N–H and O–H groups in total. The van der Waals surface area contributed by atoms with Crippen molar-refractivity contribution in [1.29, 1.82) is 0 Å². The highest BCUT2D eigenvalue weighted by Gasteiger charge is 2.17. The van der Waals surface area contributed by atoms with Gasteiger partial charge in [0.15, 0.2) is 0 Å². The minimum absolute atomic E-state index is 0. The second-order valence-corrected chi connectivity index (χ2v) is 4.37. The predicted molar refractivity (Wildman–Crippen MR) is 70.1 cm³/mol. The quantitative estimate of drug-likeness (QED) is 0.582. The van der Waals surface area contributed by atoms with E-state index in [2.05, 4.69) is 0 Å². The van der Waals surface area contributed by atoms with Crippen LogP contribution in [-0.2, 0) is 0 Å². The van der Waals surface area contributed by atoms with Gasteiger partial charge in [-0.25, -0.2) is 4.39 Å². The Labute approximate surface area is 108 Å². The third kappa shape index (κ3) is 2.52. The van der Waals surface area contributed by atoms with E-state index in [9.17, 15) is 9.50 Å². The van der Waals surface area contributed by atoms with Gasteiger partial charge in [-0.05, 0) is 17.5 Å². The van der Waals surface area contributed by atoms with Gasteiger partial charge in [-0.2, -0.15) is 0 Å². The predicted octanol–water partition coefficient (Wildman–Crippen LogP) is 2.64. The van der Waals surface area contributed by atoms with Crippen LogP contribution in [0.25, 0.3) is 0 Å². The first-order valence-electron chi connectivity index (χ1n) is 4.67. The molecule has 6 heteroatoms. The van der Waals surface area contributed by atoms with Crippen LogP contribution < -0.4 is 11.5 Å². The lowest BCUT2D eigenvalue weighted by atomic mass is 10.0. The molecule has 0 amide bonds. The molecule has 1 atom stereocenters. The van der Waals surface area contributed by atoms with Gasteiger partial charge < -0.3 is 16.6 Å². The van der Waals surface area contributed by atoms with E-state index in [1.165, 1.54) is 23.5 Å². The van der Waals surface area contributed by atoms with Gasteiger partial charge in [-0.3, -0.25) is 0 Å². The van der Waals surface area contributed by atoms with Crippen LogP contribution in [0.15, 0.2) is 29.6 Å². The topological polar surface area (TPSA) is 72.3 Å². The summed E-state index contributed by atoms with van der Waals surface area (Å²) in [5, 5.41) is 11.6. The number of phenolic OH excluding ortho intramolecular Hbond substituents is 1. The number of aromatic hydroxyl groups is 1. The summed E-state index contributed by atoms with van der Waals surface area (Å²) in [6, 6.07) is 5.89. The first-order valence-corrected chi connectivity index (χ1v) is 5.55. The highest BCUT2D eigenvalue weighted by Crippen LogP contribution is 2.34. The van der Waals surface area contributed by atoms with Gasteiger partial charge in [0.25, 0.3) is 0 Å². The Kier molecular flexibility index (Phi) is 4.34. The van der Waals surface area contributed by atoms with Gasteiger partial charge in [-0.1, -0.05) is 12.1 Å². The Bertz CT molecular complexity index is 504. The number of hydrogen-bond donors (Lipinski definition) is 3. The number of benzene rings is 1. The number of halogens is 2. The third-order valence-electron chi connectivity index (χ3n) is 2.38. The van der Waals surface area contributed by atoms with Crippen molar-refractivity contribution in [3.05, 3.63) is 45.9 Å². The number of anilines is 1. The molecule has 17 heavy (non-hydrogen) atoms. The molecular weight excluding hydrogens is 263 g/mol. The second-order valence-electron chi connectivity index (χ2n) is 3.39. The van der Waals surface area contributed by atoms with Crippen LogP contribution >= 0.6 is 23.7 Å². The maximum absolute atomic E-state index is 13.0. The summed E-state index contributed by atoms with van der Waals surface area (Å²) in [6.07, 6.45) is 0. The molecule has 0 aliphatic carbocycles. The van der Waals surface area contributed by atoms with E-state index < -0.39 is 11.9 Å². The maximum atomic E-state index is 13.0. The fraction of sp³-hybridized carbons (Fsp3) is 0.0909. The SMILES string of the molecule is Cl.Nc1c(F)ccc([C@@H](N)c2cccs2)c1O. The molecule has 1 heterocycles. The molecule has 0 aliphatic rings. The lowest BCUT2D eigenvalue weighted by molar-refractivity contribution is 0.463. The van der Waals surface area contributed by atoms with E-state index in [1.54, 1.807) is 0 Å². The summed E-state index contributed by atoms with van der Waals surface area (Å²) >= 11 is 1.47. The molecule has 1 aromatic carbocycles. The Hall–Kier alpha value is -1.30. The van der Waals surface area contributed by atoms with Gasteiger partial charge in [0.05, 0.1) is 6.04 Å². The number of nitrogen functional groups attached to an aromatic ring is 1. The number of rotatable bonds is 2. The molecule has 0 saturated carbocycles. The van der Waals surface area contributed by atoms with Crippen LogP contribution in [0.5, 0.6) is 5.75 Å². The third-order valence-corrected chi connectivity index (χ3v) is 3.34. The van der Waals surface area contributed by atoms with Crippen molar-refractivity contribution in [2.45, 2.75) is 6.04 Å². The van der Waals surface area contributed by atoms with E-state index >= 15 is 0 Å². The zero-order valence-corrected chi connectivity index (χ0v) is 10.4. The largest absolute Gasteiger partial charge is 0.505 e. The average Bonchev–Trinajstić information content (AvgIpc) is 2.79. The van der Waals surface area contributed by atoms with E-state index in [4.69, 9.17) is 11.5 Å². The van der Waals surface area contributed by atoms with Crippen molar-refractivity contribution >= 4 is 29.4 Å². The summed E-state index contributed by atoms with van der Waals surface area (Å²) in [4.78, 5) is 0.890. The zero-order chi connectivity index (χ0) is 11.7. The van der Waals surface area contributed by atoms with Crippen LogP contribution in [0.3, 0.4) is 0 Å². The number of nitrogens with two attached hydrogens (primary N) is 2. The standard InChI is InChI=1S/C11H11FN2OS.ClH/c12-7-4-3-6(11(15)10(7)14)9(13)8-2-1-5-16-8;/h1-5,9,15H,13-14H2;1H/t9-;/m1./s1. The normalized spacial score (nSPS) is 11.9. The van der Waals surface area contributed by atoms with E-state index in [-0.39, 0.29) is 23.8 Å². The van der Waals surface area contributed by atoms with Crippen molar-refractivity contribution in [3.8, 4) is 5.75 Å². The highest BCUT2D eigenvalue weighted by atomic mass is 35.5. The van der Waals surface area contributed by atoms with Gasteiger partial charge in [0.2, 0.25) is 0 Å². The molecule has 0 saturated heterocycles. The molecule has 0 spiro atoms. The van der Waals surface area contributed by atoms with Crippen LogP contribution in [0.4, 0.5) is 10.1 Å². The Morgan fingerprint density at radius 2 is 2.00 bits per heavy atom. The number of hydrogen-bond acceptors (Lipinski definition) is 4. The Morgan fingerprint density at radius 1 is 1.29 bits per heavy atom. The molecule has 0 radical (unpaired) electrons. The van der Waals surface area contributed by atoms with Crippen LogP contribution in [0.2, 0.25) is 0 Å². The molecule has 92 valence electrons. The van der Waals surface area contributed by atoms with Crippen molar-refractivity contribution < 1.29 is 9.50 Å². The molecular formula is C11H12ClFN2OS. The minimum Gasteiger partial charge on any atom is -0.505 e. The maximum Gasteiger partial charge on any atom is 0.149 e. The molecule has 0 bridgehead atoms. The Balaban J connectivity index is 0.00000144.